The number of aliphatic carboxylic acids is 1. The molecule has 0 heterocycles. The summed E-state index contributed by atoms with van der Waals surface area (Å²) in [5, 5.41) is 12.7. The van der Waals surface area contributed by atoms with E-state index in [2.05, 4.69) is 29.6 Å². The van der Waals surface area contributed by atoms with Crippen molar-refractivity contribution in [1.82, 2.24) is 10.2 Å². The molecule has 0 bridgehead atoms. The van der Waals surface area contributed by atoms with Crippen LogP contribution in [-0.2, 0) is 14.3 Å². The van der Waals surface area contributed by atoms with Gasteiger partial charge in [-0.1, -0.05) is 81.1 Å². The molecular formula is C28H34N2O5. The number of carbonyl (C=O) groups excluding carboxylic acids is 2. The van der Waals surface area contributed by atoms with Gasteiger partial charge in [-0.15, -0.1) is 0 Å². The molecule has 2 aliphatic carbocycles. The monoisotopic (exact) mass is 478 g/mol. The number of carboxylic acid groups (broad SMARTS) is 1. The molecule has 2 aromatic carbocycles. The Hall–Kier alpha value is -3.35. The third-order valence-corrected chi connectivity index (χ3v) is 7.56. The maximum absolute atomic E-state index is 13.4. The van der Waals surface area contributed by atoms with Gasteiger partial charge in [-0.25, -0.2) is 9.59 Å². The summed E-state index contributed by atoms with van der Waals surface area (Å²) in [6, 6.07) is 15.4. The summed E-state index contributed by atoms with van der Waals surface area (Å²) in [5.41, 5.74) is 3.30. The van der Waals surface area contributed by atoms with Crippen molar-refractivity contribution in [3.05, 3.63) is 59.7 Å². The van der Waals surface area contributed by atoms with Gasteiger partial charge in [-0.3, -0.25) is 4.79 Å². The third kappa shape index (κ3) is 4.77. The van der Waals surface area contributed by atoms with Crippen molar-refractivity contribution in [1.29, 1.82) is 0 Å². The van der Waals surface area contributed by atoms with Crippen molar-refractivity contribution >= 4 is 18.0 Å². The highest BCUT2D eigenvalue weighted by Gasteiger charge is 2.46. The molecule has 0 unspecified atom stereocenters. The molecule has 7 nitrogen and oxygen atoms in total. The fourth-order valence-corrected chi connectivity index (χ4v) is 5.60. The molecule has 4 rings (SSSR count). The lowest BCUT2D eigenvalue weighted by molar-refractivity contribution is -0.161. The minimum atomic E-state index is -1.22. The topological polar surface area (TPSA) is 95.9 Å². The van der Waals surface area contributed by atoms with Gasteiger partial charge in [0.05, 0.1) is 0 Å². The van der Waals surface area contributed by atoms with E-state index < -0.39 is 23.6 Å². The normalized spacial score (nSPS) is 17.1. The number of hydrogen-bond acceptors (Lipinski definition) is 4. The van der Waals surface area contributed by atoms with E-state index in [0.717, 1.165) is 41.5 Å². The maximum atomic E-state index is 13.4. The van der Waals surface area contributed by atoms with Gasteiger partial charge in [0.15, 0.2) is 0 Å². The standard InChI is InChI=1S/C28H34N2O5/c1-3-11-24(25(31)30(2)28(26(32)33)16-9-4-10-17-28)29-27(34)35-18-23-21-14-7-5-12-19(21)20-13-6-8-15-22(20)23/h5-8,12-15,23-24H,3-4,9-11,16-18H2,1-2H3,(H,29,34)(H,32,33)/t24-/m0/s1. The number of likely N-dealkylation sites (N-methyl/N-ethyl adjacent to an activating group) is 1. The molecule has 0 aliphatic heterocycles. The number of carbonyl (C=O) groups is 3. The maximum Gasteiger partial charge on any atom is 0.407 e. The van der Waals surface area contributed by atoms with Crippen LogP contribution in [0.5, 0.6) is 0 Å². The predicted molar refractivity (Wildman–Crippen MR) is 133 cm³/mol. The summed E-state index contributed by atoms with van der Waals surface area (Å²) >= 11 is 0. The average Bonchev–Trinajstić information content (AvgIpc) is 3.20. The second-order valence-corrected chi connectivity index (χ2v) is 9.61. The van der Waals surface area contributed by atoms with E-state index in [1.54, 1.807) is 7.05 Å². The number of fused-ring (bicyclic) bond motifs is 3. The van der Waals surface area contributed by atoms with Crippen LogP contribution in [0.25, 0.3) is 11.1 Å². The lowest BCUT2D eigenvalue weighted by Crippen LogP contribution is -2.60. The fourth-order valence-electron chi connectivity index (χ4n) is 5.60. The fraction of sp³-hybridized carbons (Fsp3) is 0.464. The van der Waals surface area contributed by atoms with Gasteiger partial charge in [-0.2, -0.15) is 0 Å². The lowest BCUT2D eigenvalue weighted by Gasteiger charge is -2.42. The third-order valence-electron chi connectivity index (χ3n) is 7.56. The second kappa shape index (κ2) is 10.5. The summed E-state index contributed by atoms with van der Waals surface area (Å²) in [6.45, 7) is 2.08. The molecule has 7 heteroatoms. The van der Waals surface area contributed by atoms with Crippen molar-refractivity contribution in [3.63, 3.8) is 0 Å². The average molecular weight is 479 g/mol. The Bertz CT molecular complexity index is 1050. The number of ether oxygens (including phenoxy) is 1. The minimum Gasteiger partial charge on any atom is -0.479 e. The summed E-state index contributed by atoms with van der Waals surface area (Å²) in [5.74, 6) is -1.44. The number of carboxylic acids is 1. The number of hydrogen-bond donors (Lipinski definition) is 2. The molecule has 0 aromatic heterocycles. The molecule has 0 radical (unpaired) electrons. The molecule has 2 amide bonds. The first-order valence-corrected chi connectivity index (χ1v) is 12.5. The Labute approximate surface area is 206 Å². The SMILES string of the molecule is CCC[C@H](NC(=O)OCC1c2ccccc2-c2ccccc21)C(=O)N(C)C1(C(=O)O)CCCCC1. The van der Waals surface area contributed by atoms with Crippen molar-refractivity contribution in [2.24, 2.45) is 0 Å². The number of alkyl carbamates (subject to hydrolysis) is 1. The van der Waals surface area contributed by atoms with Crippen LogP contribution in [0.4, 0.5) is 4.79 Å². The van der Waals surface area contributed by atoms with Crippen LogP contribution in [0.1, 0.15) is 68.9 Å². The molecule has 1 saturated carbocycles. The summed E-state index contributed by atoms with van der Waals surface area (Å²) in [6.07, 6.45) is 3.75. The van der Waals surface area contributed by atoms with Crippen molar-refractivity contribution in [2.75, 3.05) is 13.7 Å². The zero-order chi connectivity index (χ0) is 25.0. The van der Waals surface area contributed by atoms with Crippen molar-refractivity contribution in [3.8, 4) is 11.1 Å². The van der Waals surface area contributed by atoms with Gasteiger partial charge in [-0.05, 0) is 41.5 Å². The molecule has 2 aromatic rings. The smallest absolute Gasteiger partial charge is 0.407 e. The van der Waals surface area contributed by atoms with Crippen LogP contribution in [0.15, 0.2) is 48.5 Å². The predicted octanol–water partition coefficient (Wildman–Crippen LogP) is 4.94. The molecule has 35 heavy (non-hydrogen) atoms. The molecule has 1 fully saturated rings. The zero-order valence-corrected chi connectivity index (χ0v) is 20.5. The second-order valence-electron chi connectivity index (χ2n) is 9.61. The number of amides is 2. The quantitative estimate of drug-likeness (QED) is 0.560. The van der Waals surface area contributed by atoms with Gasteiger partial charge >= 0.3 is 12.1 Å². The van der Waals surface area contributed by atoms with Crippen molar-refractivity contribution in [2.45, 2.75) is 69.4 Å². The Morgan fingerprint density at radius 2 is 1.60 bits per heavy atom. The molecule has 0 saturated heterocycles. The van der Waals surface area contributed by atoms with Gasteiger partial charge < -0.3 is 20.1 Å². The summed E-state index contributed by atoms with van der Waals surface area (Å²) < 4.78 is 5.63. The molecular weight excluding hydrogens is 444 g/mol. The van der Waals surface area contributed by atoms with E-state index in [1.807, 2.05) is 31.2 Å². The molecule has 0 spiro atoms. The number of nitrogens with zero attached hydrogens (tertiary/aromatic N) is 1. The Morgan fingerprint density at radius 1 is 1.03 bits per heavy atom. The highest BCUT2D eigenvalue weighted by Crippen LogP contribution is 2.44. The molecule has 1 atom stereocenters. The van der Waals surface area contributed by atoms with E-state index in [0.29, 0.717) is 25.7 Å². The minimum absolute atomic E-state index is 0.0753. The van der Waals surface area contributed by atoms with Gasteiger partial charge in [0.25, 0.3) is 0 Å². The zero-order valence-electron chi connectivity index (χ0n) is 20.5. The first-order valence-electron chi connectivity index (χ1n) is 12.5. The Balaban J connectivity index is 1.44. The van der Waals surface area contributed by atoms with Crippen LogP contribution in [0.2, 0.25) is 0 Å². The van der Waals surface area contributed by atoms with Crippen LogP contribution in [0.3, 0.4) is 0 Å². The van der Waals surface area contributed by atoms with E-state index in [9.17, 15) is 19.5 Å². The van der Waals surface area contributed by atoms with E-state index in [4.69, 9.17) is 4.74 Å². The first-order chi connectivity index (χ1) is 16.9. The molecule has 2 aliphatic rings. The lowest BCUT2D eigenvalue weighted by atomic mass is 9.80. The van der Waals surface area contributed by atoms with Crippen LogP contribution >= 0.6 is 0 Å². The van der Waals surface area contributed by atoms with Crippen molar-refractivity contribution < 1.29 is 24.2 Å². The largest absolute Gasteiger partial charge is 0.479 e. The summed E-state index contributed by atoms with van der Waals surface area (Å²) in [4.78, 5) is 39.7. The van der Waals surface area contributed by atoms with Gasteiger partial charge in [0.1, 0.15) is 18.2 Å². The first kappa shape index (κ1) is 24.8. The number of benzene rings is 2. The Morgan fingerprint density at radius 3 is 2.14 bits per heavy atom. The van der Waals surface area contributed by atoms with E-state index in [-0.39, 0.29) is 18.4 Å². The summed E-state index contributed by atoms with van der Waals surface area (Å²) in [7, 11) is 1.55. The number of nitrogens with one attached hydrogen (secondary N) is 1. The van der Waals surface area contributed by atoms with Crippen LogP contribution in [0, 0.1) is 0 Å². The highest BCUT2D eigenvalue weighted by molar-refractivity contribution is 5.91. The number of rotatable bonds is 8. The van der Waals surface area contributed by atoms with Crippen LogP contribution < -0.4 is 5.32 Å². The highest BCUT2D eigenvalue weighted by atomic mass is 16.5. The molecule has 2 N–H and O–H groups in total. The van der Waals surface area contributed by atoms with Gasteiger partial charge in [0, 0.05) is 13.0 Å². The Kier molecular flexibility index (Phi) is 7.43. The van der Waals surface area contributed by atoms with Crippen LogP contribution in [-0.4, -0.2) is 53.2 Å². The van der Waals surface area contributed by atoms with E-state index >= 15 is 0 Å². The van der Waals surface area contributed by atoms with E-state index in [1.165, 1.54) is 4.90 Å². The van der Waals surface area contributed by atoms with Gasteiger partial charge in [0.2, 0.25) is 5.91 Å². The molecule has 186 valence electrons.